The second kappa shape index (κ2) is 7.15. The molecule has 30 heavy (non-hydrogen) atoms. The van der Waals surface area contributed by atoms with Crippen LogP contribution in [0.5, 0.6) is 0 Å². The Hall–Kier alpha value is -1.75. The molecule has 4 fully saturated rings. The Morgan fingerprint density at radius 3 is 2.37 bits per heavy atom. The molecule has 0 saturated heterocycles. The van der Waals surface area contributed by atoms with Crippen LogP contribution in [-0.2, 0) is 12.8 Å². The first-order valence-corrected chi connectivity index (χ1v) is 12.8. The number of hydrogen-bond acceptors (Lipinski definition) is 2. The number of hydrogen-bond donors (Lipinski definition) is 2. The molecule has 5 heteroatoms. The predicted molar refractivity (Wildman–Crippen MR) is 121 cm³/mol. The number of aromatic nitrogens is 1. The van der Waals surface area contributed by atoms with Crippen molar-refractivity contribution in [3.8, 4) is 5.00 Å². The molecule has 0 aromatic carbocycles. The number of nitrogens with zero attached hydrogens (tertiary/aromatic N) is 1. The van der Waals surface area contributed by atoms with Gasteiger partial charge in [-0.15, -0.1) is 11.3 Å². The molecule has 4 bridgehead atoms. The zero-order valence-electron chi connectivity index (χ0n) is 18.0. The highest BCUT2D eigenvalue weighted by Crippen LogP contribution is 2.55. The number of carbonyl (C=O) groups is 1. The molecule has 2 aromatic heterocycles. The van der Waals surface area contributed by atoms with E-state index >= 15 is 0 Å². The van der Waals surface area contributed by atoms with Gasteiger partial charge in [0.1, 0.15) is 5.00 Å². The zero-order chi connectivity index (χ0) is 20.3. The Bertz CT molecular complexity index is 909. The summed E-state index contributed by atoms with van der Waals surface area (Å²) in [6.45, 7) is 2.17. The lowest BCUT2D eigenvalue weighted by Crippen LogP contribution is -2.61. The Morgan fingerprint density at radius 1 is 1.07 bits per heavy atom. The van der Waals surface area contributed by atoms with E-state index in [1.54, 1.807) is 0 Å². The van der Waals surface area contributed by atoms with Gasteiger partial charge < -0.3 is 15.2 Å². The molecule has 0 radical (unpaired) electrons. The van der Waals surface area contributed by atoms with Crippen molar-refractivity contribution in [2.75, 3.05) is 0 Å². The third kappa shape index (κ3) is 3.21. The monoisotopic (exact) mass is 423 g/mol. The van der Waals surface area contributed by atoms with E-state index in [4.69, 9.17) is 0 Å². The first-order chi connectivity index (χ1) is 14.6. The van der Waals surface area contributed by atoms with E-state index < -0.39 is 0 Å². The molecular formula is C25H33N3OS. The van der Waals surface area contributed by atoms with Gasteiger partial charge in [0, 0.05) is 28.4 Å². The summed E-state index contributed by atoms with van der Waals surface area (Å²) in [5.41, 5.74) is 2.90. The second-order valence-corrected chi connectivity index (χ2v) is 11.6. The fourth-order valence-corrected chi connectivity index (χ4v) is 8.95. The van der Waals surface area contributed by atoms with Crippen LogP contribution < -0.4 is 10.6 Å². The Labute approximate surface area is 183 Å². The van der Waals surface area contributed by atoms with E-state index in [1.807, 2.05) is 11.3 Å². The minimum Gasteiger partial charge on any atom is -0.333 e. The van der Waals surface area contributed by atoms with Crippen molar-refractivity contribution in [2.45, 2.75) is 82.7 Å². The Kier molecular flexibility index (Phi) is 4.52. The summed E-state index contributed by atoms with van der Waals surface area (Å²) in [7, 11) is 0. The van der Waals surface area contributed by atoms with Gasteiger partial charge in [0.05, 0.1) is 6.04 Å². The number of nitrogens with one attached hydrogen (secondary N) is 2. The normalized spacial score (nSPS) is 32.6. The van der Waals surface area contributed by atoms with Crippen molar-refractivity contribution in [2.24, 2.45) is 17.8 Å². The molecule has 5 aliphatic rings. The molecule has 4 nitrogen and oxygen atoms in total. The lowest BCUT2D eigenvalue weighted by Gasteiger charge is -2.56. The van der Waals surface area contributed by atoms with Crippen molar-refractivity contribution in [3.63, 3.8) is 0 Å². The van der Waals surface area contributed by atoms with E-state index in [2.05, 4.69) is 46.7 Å². The van der Waals surface area contributed by atoms with E-state index in [-0.39, 0.29) is 17.6 Å². The van der Waals surface area contributed by atoms with Crippen LogP contribution in [0.15, 0.2) is 24.5 Å². The van der Waals surface area contributed by atoms with Gasteiger partial charge in [0.15, 0.2) is 0 Å². The van der Waals surface area contributed by atoms with Crippen LogP contribution in [0.1, 0.15) is 80.3 Å². The number of fused-ring (bicyclic) bond motifs is 1. The smallest absolute Gasteiger partial charge is 0.315 e. The number of rotatable bonds is 4. The number of urea groups is 1. The summed E-state index contributed by atoms with van der Waals surface area (Å²) in [6.07, 6.45) is 16.9. The molecule has 2 heterocycles. The average molecular weight is 424 g/mol. The van der Waals surface area contributed by atoms with Gasteiger partial charge >= 0.3 is 6.03 Å². The first-order valence-electron chi connectivity index (χ1n) is 11.9. The quantitative estimate of drug-likeness (QED) is 0.646. The lowest BCUT2D eigenvalue weighted by molar-refractivity contribution is -0.0136. The zero-order valence-corrected chi connectivity index (χ0v) is 18.8. The Balaban J connectivity index is 1.23. The van der Waals surface area contributed by atoms with Gasteiger partial charge in [0.2, 0.25) is 0 Å². The average Bonchev–Trinajstić information content (AvgIpc) is 3.34. The van der Waals surface area contributed by atoms with E-state index in [0.29, 0.717) is 0 Å². The van der Waals surface area contributed by atoms with Gasteiger partial charge in [-0.05, 0) is 107 Å². The molecule has 2 amide bonds. The molecule has 160 valence electrons. The van der Waals surface area contributed by atoms with E-state index in [9.17, 15) is 4.79 Å². The van der Waals surface area contributed by atoms with Gasteiger partial charge in [0.25, 0.3) is 0 Å². The third-order valence-electron chi connectivity index (χ3n) is 8.23. The maximum absolute atomic E-state index is 13.2. The van der Waals surface area contributed by atoms with Crippen LogP contribution in [-0.4, -0.2) is 16.1 Å². The number of amides is 2. The number of thiophene rings is 1. The van der Waals surface area contributed by atoms with Crippen LogP contribution in [0.2, 0.25) is 0 Å². The van der Waals surface area contributed by atoms with Crippen molar-refractivity contribution in [1.82, 2.24) is 15.2 Å². The standard InChI is InChI=1S/C25H33N3OS/c1-16(22-20-6-2-3-7-21(20)30-23(22)28-8-4-5-9-28)26-24(29)27-25-13-17-10-18(14-25)12-19(11-17)15-25/h4-5,8-9,16-19H,2-3,6-7,10-15H2,1H3,(H2,26,27,29). The summed E-state index contributed by atoms with van der Waals surface area (Å²) in [5.74, 6) is 2.54. The van der Waals surface area contributed by atoms with Gasteiger partial charge in [-0.2, -0.15) is 0 Å². The molecule has 0 spiro atoms. The molecule has 1 unspecified atom stereocenters. The van der Waals surface area contributed by atoms with Crippen molar-refractivity contribution in [1.29, 1.82) is 0 Å². The molecule has 2 aromatic rings. The number of aryl methyl sites for hydroxylation is 1. The van der Waals surface area contributed by atoms with Crippen molar-refractivity contribution >= 4 is 17.4 Å². The molecule has 5 aliphatic carbocycles. The van der Waals surface area contributed by atoms with Crippen LogP contribution >= 0.6 is 11.3 Å². The van der Waals surface area contributed by atoms with Crippen LogP contribution in [0.25, 0.3) is 5.00 Å². The molecule has 2 N–H and O–H groups in total. The van der Waals surface area contributed by atoms with Crippen LogP contribution in [0.4, 0.5) is 4.79 Å². The summed E-state index contributed by atoms with van der Waals surface area (Å²) in [5, 5.41) is 8.14. The Morgan fingerprint density at radius 2 is 1.70 bits per heavy atom. The second-order valence-electron chi connectivity index (χ2n) is 10.5. The molecule has 4 saturated carbocycles. The van der Waals surface area contributed by atoms with E-state index in [1.165, 1.54) is 78.8 Å². The van der Waals surface area contributed by atoms with Gasteiger partial charge in [-0.1, -0.05) is 0 Å². The highest BCUT2D eigenvalue weighted by atomic mass is 32.1. The summed E-state index contributed by atoms with van der Waals surface area (Å²) in [4.78, 5) is 14.7. The minimum atomic E-state index is 0.0226. The molecule has 7 rings (SSSR count). The minimum absolute atomic E-state index is 0.0226. The summed E-state index contributed by atoms with van der Waals surface area (Å²) in [6, 6.07) is 4.23. The third-order valence-corrected chi connectivity index (χ3v) is 9.55. The largest absolute Gasteiger partial charge is 0.333 e. The fourth-order valence-electron chi connectivity index (χ4n) is 7.49. The highest BCUT2D eigenvalue weighted by molar-refractivity contribution is 7.15. The summed E-state index contributed by atoms with van der Waals surface area (Å²) >= 11 is 1.92. The topological polar surface area (TPSA) is 46.1 Å². The van der Waals surface area contributed by atoms with Gasteiger partial charge in [-0.3, -0.25) is 0 Å². The van der Waals surface area contributed by atoms with Crippen LogP contribution in [0, 0.1) is 17.8 Å². The van der Waals surface area contributed by atoms with E-state index in [0.717, 1.165) is 24.2 Å². The van der Waals surface area contributed by atoms with Gasteiger partial charge in [-0.25, -0.2) is 4.79 Å². The molecule has 1 atom stereocenters. The number of carbonyl (C=O) groups excluding carboxylic acids is 1. The predicted octanol–water partition coefficient (Wildman–Crippen LogP) is 5.75. The molecule has 0 aliphatic heterocycles. The molecular weight excluding hydrogens is 390 g/mol. The fraction of sp³-hybridized carbons (Fsp3) is 0.640. The van der Waals surface area contributed by atoms with Crippen LogP contribution in [0.3, 0.4) is 0 Å². The first kappa shape index (κ1) is 19.0. The lowest BCUT2D eigenvalue weighted by atomic mass is 9.53. The highest BCUT2D eigenvalue weighted by Gasteiger charge is 2.51. The van der Waals surface area contributed by atoms with Crippen molar-refractivity contribution < 1.29 is 4.79 Å². The maximum atomic E-state index is 13.2. The SMILES string of the molecule is CC(NC(=O)NC12CC3CC(CC(C3)C1)C2)c1c(-n2cccc2)sc2c1CCCC2. The summed E-state index contributed by atoms with van der Waals surface area (Å²) < 4.78 is 2.23. The maximum Gasteiger partial charge on any atom is 0.315 e. The van der Waals surface area contributed by atoms with Crippen molar-refractivity contribution in [3.05, 3.63) is 40.5 Å².